The van der Waals surface area contributed by atoms with Crippen LogP contribution >= 0.6 is 0 Å². The van der Waals surface area contributed by atoms with Crippen molar-refractivity contribution in [1.82, 2.24) is 0 Å². The standard InChI is InChI=1S/C10H12O/c1-4-10(2)7-5-9(11-3)6-8-10/h1,5-7H,8H2,2-3H3. The molecule has 0 spiro atoms. The zero-order chi connectivity index (χ0) is 8.32. The monoisotopic (exact) mass is 148 g/mol. The molecule has 0 fully saturated rings. The molecule has 1 unspecified atom stereocenters. The highest BCUT2D eigenvalue weighted by Crippen LogP contribution is 2.28. The molecule has 11 heavy (non-hydrogen) atoms. The second kappa shape index (κ2) is 2.84. The third kappa shape index (κ3) is 1.65. The number of methoxy groups -OCH3 is 1. The minimum Gasteiger partial charge on any atom is -0.497 e. The molecule has 0 bridgehead atoms. The number of hydrogen-bond acceptors (Lipinski definition) is 1. The van der Waals surface area contributed by atoms with Gasteiger partial charge < -0.3 is 4.74 Å². The van der Waals surface area contributed by atoms with E-state index < -0.39 is 0 Å². The highest BCUT2D eigenvalue weighted by Gasteiger charge is 2.19. The maximum absolute atomic E-state index is 5.35. The first-order valence-corrected chi connectivity index (χ1v) is 3.61. The molecule has 1 nitrogen and oxygen atoms in total. The Morgan fingerprint density at radius 1 is 1.73 bits per heavy atom. The second-order valence-corrected chi connectivity index (χ2v) is 2.91. The molecule has 0 amide bonds. The van der Waals surface area contributed by atoms with Crippen LogP contribution in [0.3, 0.4) is 0 Å². The summed E-state index contributed by atoms with van der Waals surface area (Å²) in [7, 11) is 1.66. The Kier molecular flexibility index (Phi) is 2.05. The molecule has 0 saturated heterocycles. The maximum Gasteiger partial charge on any atom is 0.114 e. The van der Waals surface area contributed by atoms with Crippen molar-refractivity contribution in [3.05, 3.63) is 24.0 Å². The molecule has 58 valence electrons. The fraction of sp³-hybridized carbons (Fsp3) is 0.400. The Balaban J connectivity index is 2.73. The van der Waals surface area contributed by atoms with Crippen molar-refractivity contribution >= 4 is 0 Å². The predicted molar refractivity (Wildman–Crippen MR) is 45.8 cm³/mol. The van der Waals surface area contributed by atoms with Gasteiger partial charge in [0, 0.05) is 0 Å². The van der Waals surface area contributed by atoms with E-state index in [0.717, 1.165) is 12.2 Å². The fourth-order valence-corrected chi connectivity index (χ4v) is 0.973. The highest BCUT2D eigenvalue weighted by atomic mass is 16.5. The zero-order valence-electron chi connectivity index (χ0n) is 6.92. The molecule has 0 heterocycles. The van der Waals surface area contributed by atoms with Crippen molar-refractivity contribution in [2.75, 3.05) is 7.11 Å². The normalized spacial score (nSPS) is 29.0. The van der Waals surface area contributed by atoms with E-state index in [4.69, 9.17) is 11.2 Å². The van der Waals surface area contributed by atoms with Crippen molar-refractivity contribution in [3.8, 4) is 12.3 Å². The van der Waals surface area contributed by atoms with E-state index in [1.165, 1.54) is 0 Å². The van der Waals surface area contributed by atoms with E-state index >= 15 is 0 Å². The Morgan fingerprint density at radius 3 is 2.82 bits per heavy atom. The van der Waals surface area contributed by atoms with E-state index in [0.29, 0.717) is 0 Å². The van der Waals surface area contributed by atoms with Crippen molar-refractivity contribution < 1.29 is 4.74 Å². The van der Waals surface area contributed by atoms with Crippen LogP contribution in [0.25, 0.3) is 0 Å². The van der Waals surface area contributed by atoms with Gasteiger partial charge in [-0.25, -0.2) is 0 Å². The van der Waals surface area contributed by atoms with Crippen LogP contribution in [0.5, 0.6) is 0 Å². The molecular formula is C10H12O. The quantitative estimate of drug-likeness (QED) is 0.517. The van der Waals surface area contributed by atoms with Crippen LogP contribution in [-0.2, 0) is 4.74 Å². The Bertz CT molecular complexity index is 242. The van der Waals surface area contributed by atoms with Crippen molar-refractivity contribution in [2.24, 2.45) is 5.41 Å². The van der Waals surface area contributed by atoms with Crippen LogP contribution in [0.4, 0.5) is 0 Å². The molecule has 0 aromatic carbocycles. The molecule has 0 N–H and O–H groups in total. The van der Waals surface area contributed by atoms with E-state index in [-0.39, 0.29) is 5.41 Å². The van der Waals surface area contributed by atoms with Crippen LogP contribution in [0.15, 0.2) is 24.0 Å². The summed E-state index contributed by atoms with van der Waals surface area (Å²) in [5.41, 5.74) is -0.109. The molecule has 0 aromatic heterocycles. The summed E-state index contributed by atoms with van der Waals surface area (Å²) < 4.78 is 5.03. The van der Waals surface area contributed by atoms with Gasteiger partial charge in [-0.2, -0.15) is 0 Å². The van der Waals surface area contributed by atoms with E-state index in [1.807, 2.05) is 25.2 Å². The zero-order valence-corrected chi connectivity index (χ0v) is 6.92. The third-order valence-corrected chi connectivity index (χ3v) is 1.91. The van der Waals surface area contributed by atoms with Gasteiger partial charge >= 0.3 is 0 Å². The summed E-state index contributed by atoms with van der Waals surface area (Å²) in [6.45, 7) is 2.03. The average Bonchev–Trinajstić information content (AvgIpc) is 2.06. The van der Waals surface area contributed by atoms with Crippen LogP contribution in [-0.4, -0.2) is 7.11 Å². The van der Waals surface area contributed by atoms with Crippen LogP contribution < -0.4 is 0 Å². The van der Waals surface area contributed by atoms with Gasteiger partial charge in [0.05, 0.1) is 12.5 Å². The number of hydrogen-bond donors (Lipinski definition) is 0. The summed E-state index contributed by atoms with van der Waals surface area (Å²) in [5.74, 6) is 3.64. The SMILES string of the molecule is C#CC1(C)C=CC(OC)=CC1. The summed E-state index contributed by atoms with van der Waals surface area (Å²) in [5, 5.41) is 0. The lowest BCUT2D eigenvalue weighted by Gasteiger charge is -2.20. The third-order valence-electron chi connectivity index (χ3n) is 1.91. The molecule has 1 rings (SSSR count). The Labute approximate surface area is 67.8 Å². The summed E-state index contributed by atoms with van der Waals surface area (Å²) in [6, 6.07) is 0. The number of allylic oxidation sites excluding steroid dienone is 3. The fourth-order valence-electron chi connectivity index (χ4n) is 0.973. The molecule has 0 saturated carbocycles. The maximum atomic E-state index is 5.35. The van der Waals surface area contributed by atoms with Gasteiger partial charge in [-0.05, 0) is 25.5 Å². The average molecular weight is 148 g/mol. The minimum atomic E-state index is -0.109. The van der Waals surface area contributed by atoms with Crippen molar-refractivity contribution in [2.45, 2.75) is 13.3 Å². The van der Waals surface area contributed by atoms with Crippen LogP contribution in [0.2, 0.25) is 0 Å². The largest absolute Gasteiger partial charge is 0.497 e. The summed E-state index contributed by atoms with van der Waals surface area (Å²) in [6.07, 6.45) is 12.2. The van der Waals surface area contributed by atoms with Crippen molar-refractivity contribution in [3.63, 3.8) is 0 Å². The van der Waals surface area contributed by atoms with E-state index in [9.17, 15) is 0 Å². The lowest BCUT2D eigenvalue weighted by atomic mass is 9.84. The molecule has 1 atom stereocenters. The number of ether oxygens (including phenoxy) is 1. The molecule has 1 aliphatic rings. The summed E-state index contributed by atoms with van der Waals surface area (Å²) >= 11 is 0. The van der Waals surface area contributed by atoms with Gasteiger partial charge in [0.2, 0.25) is 0 Å². The van der Waals surface area contributed by atoms with Gasteiger partial charge in [-0.3, -0.25) is 0 Å². The number of rotatable bonds is 1. The smallest absolute Gasteiger partial charge is 0.114 e. The van der Waals surface area contributed by atoms with Gasteiger partial charge in [0.15, 0.2) is 0 Å². The first-order chi connectivity index (χ1) is 5.20. The molecular weight excluding hydrogens is 136 g/mol. The summed E-state index contributed by atoms with van der Waals surface area (Å²) in [4.78, 5) is 0. The molecule has 0 aromatic rings. The number of terminal acetylenes is 1. The van der Waals surface area contributed by atoms with Crippen LogP contribution in [0, 0.1) is 17.8 Å². The second-order valence-electron chi connectivity index (χ2n) is 2.91. The topological polar surface area (TPSA) is 9.23 Å². The lowest BCUT2D eigenvalue weighted by Crippen LogP contribution is -2.11. The first kappa shape index (κ1) is 7.94. The Hall–Kier alpha value is -1.16. The molecule has 0 radical (unpaired) electrons. The Morgan fingerprint density at radius 2 is 2.45 bits per heavy atom. The lowest BCUT2D eigenvalue weighted by molar-refractivity contribution is 0.299. The van der Waals surface area contributed by atoms with E-state index in [2.05, 4.69) is 5.92 Å². The minimum absolute atomic E-state index is 0.109. The van der Waals surface area contributed by atoms with Gasteiger partial charge in [-0.15, -0.1) is 6.42 Å². The van der Waals surface area contributed by atoms with Crippen LogP contribution in [0.1, 0.15) is 13.3 Å². The highest BCUT2D eigenvalue weighted by molar-refractivity contribution is 5.27. The van der Waals surface area contributed by atoms with Gasteiger partial charge in [-0.1, -0.05) is 12.0 Å². The molecule has 1 heteroatoms. The van der Waals surface area contributed by atoms with Gasteiger partial charge in [0.1, 0.15) is 5.76 Å². The molecule has 1 aliphatic carbocycles. The first-order valence-electron chi connectivity index (χ1n) is 3.61. The van der Waals surface area contributed by atoms with Crippen molar-refractivity contribution in [1.29, 1.82) is 0 Å². The molecule has 0 aliphatic heterocycles. The van der Waals surface area contributed by atoms with E-state index in [1.54, 1.807) is 7.11 Å². The van der Waals surface area contributed by atoms with Gasteiger partial charge in [0.25, 0.3) is 0 Å². The predicted octanol–water partition coefficient (Wildman–Crippen LogP) is 2.12.